The molecule has 6 nitrogen and oxygen atoms in total. The van der Waals surface area contributed by atoms with Crippen LogP contribution in [0.2, 0.25) is 0 Å². The zero-order chi connectivity index (χ0) is 17.7. The summed E-state index contributed by atoms with van der Waals surface area (Å²) in [7, 11) is 0. The number of hydrogen-bond acceptors (Lipinski definition) is 5. The zero-order valence-electron chi connectivity index (χ0n) is 14.8. The van der Waals surface area contributed by atoms with Crippen LogP contribution in [0.3, 0.4) is 0 Å². The van der Waals surface area contributed by atoms with Gasteiger partial charge in [0, 0.05) is 28.3 Å². The Morgan fingerprint density at radius 3 is 2.85 bits per heavy atom. The van der Waals surface area contributed by atoms with Gasteiger partial charge in [-0.05, 0) is 56.9 Å². The van der Waals surface area contributed by atoms with Crippen molar-refractivity contribution in [3.8, 4) is 0 Å². The molecule has 0 bridgehead atoms. The van der Waals surface area contributed by atoms with Gasteiger partial charge in [-0.15, -0.1) is 21.5 Å². The molecule has 7 heteroatoms. The summed E-state index contributed by atoms with van der Waals surface area (Å²) in [6, 6.07) is 0.682. The fourth-order valence-corrected chi connectivity index (χ4v) is 5.47. The quantitative estimate of drug-likeness (QED) is 0.846. The molecule has 0 aliphatic heterocycles. The van der Waals surface area contributed by atoms with Crippen LogP contribution in [0.5, 0.6) is 0 Å². The molecular weight excluding hydrogens is 348 g/mol. The maximum atomic E-state index is 12.7. The number of aliphatic hydroxyl groups excluding tert-OH is 1. The summed E-state index contributed by atoms with van der Waals surface area (Å²) in [5.41, 5.74) is 2.19. The maximum absolute atomic E-state index is 12.7. The van der Waals surface area contributed by atoms with Gasteiger partial charge in [0.05, 0.1) is 5.56 Å². The summed E-state index contributed by atoms with van der Waals surface area (Å²) in [4.78, 5) is 14.1. The molecule has 26 heavy (non-hydrogen) atoms. The van der Waals surface area contributed by atoms with Crippen LogP contribution in [0, 0.1) is 0 Å². The van der Waals surface area contributed by atoms with E-state index in [4.69, 9.17) is 0 Å². The molecule has 2 fully saturated rings. The van der Waals surface area contributed by atoms with Crippen molar-refractivity contribution in [3.05, 3.63) is 33.0 Å². The van der Waals surface area contributed by atoms with E-state index in [-0.39, 0.29) is 18.6 Å². The first-order chi connectivity index (χ1) is 12.7. The second kappa shape index (κ2) is 6.46. The van der Waals surface area contributed by atoms with Gasteiger partial charge in [0.15, 0.2) is 5.82 Å². The Hall–Kier alpha value is -1.73. The van der Waals surface area contributed by atoms with Crippen LogP contribution in [0.15, 0.2) is 5.38 Å². The lowest BCUT2D eigenvalue weighted by Crippen LogP contribution is -2.44. The number of rotatable bonds is 5. The van der Waals surface area contributed by atoms with Crippen molar-refractivity contribution in [2.45, 2.75) is 76.0 Å². The predicted molar refractivity (Wildman–Crippen MR) is 98.4 cm³/mol. The highest BCUT2D eigenvalue weighted by molar-refractivity contribution is 7.10. The molecule has 0 aromatic carbocycles. The van der Waals surface area contributed by atoms with Crippen molar-refractivity contribution in [3.63, 3.8) is 0 Å². The average molecular weight is 372 g/mol. The van der Waals surface area contributed by atoms with Crippen LogP contribution in [-0.4, -0.2) is 31.8 Å². The molecule has 2 aromatic rings. The third kappa shape index (κ3) is 2.77. The Bertz CT molecular complexity index is 833. The lowest BCUT2D eigenvalue weighted by atomic mass is 9.79. The number of fused-ring (bicyclic) bond motifs is 1. The number of carbonyl (C=O) groups excluding carboxylic acids is 1. The van der Waals surface area contributed by atoms with Crippen molar-refractivity contribution in [1.29, 1.82) is 0 Å². The number of aliphatic hydroxyl groups is 1. The topological polar surface area (TPSA) is 80.0 Å². The number of hydrogen-bond donors (Lipinski definition) is 2. The van der Waals surface area contributed by atoms with Gasteiger partial charge < -0.3 is 15.0 Å². The van der Waals surface area contributed by atoms with E-state index >= 15 is 0 Å². The molecule has 5 rings (SSSR count). The number of nitrogens with one attached hydrogen (secondary N) is 1. The fourth-order valence-electron chi connectivity index (χ4n) is 4.35. The molecule has 2 aromatic heterocycles. The molecule has 3 aliphatic rings. The number of aryl methyl sites for hydroxylation is 1. The zero-order valence-corrected chi connectivity index (χ0v) is 15.6. The summed E-state index contributed by atoms with van der Waals surface area (Å²) in [6.07, 6.45) is 8.73. The molecule has 138 valence electrons. The van der Waals surface area contributed by atoms with Gasteiger partial charge in [0.2, 0.25) is 0 Å². The number of thiophene rings is 1. The third-order valence-corrected chi connectivity index (χ3v) is 7.08. The summed E-state index contributed by atoms with van der Waals surface area (Å²) >= 11 is 1.74. The second-order valence-corrected chi connectivity index (χ2v) is 8.79. The number of nitrogens with zero attached hydrogens (tertiary/aromatic N) is 3. The molecule has 0 radical (unpaired) electrons. The summed E-state index contributed by atoms with van der Waals surface area (Å²) in [6.45, 7) is -0.0559. The Labute approximate surface area is 156 Å². The van der Waals surface area contributed by atoms with Gasteiger partial charge in [-0.25, -0.2) is 0 Å². The molecule has 2 saturated carbocycles. The van der Waals surface area contributed by atoms with E-state index in [2.05, 4.69) is 20.1 Å². The first-order valence-electron chi connectivity index (χ1n) is 9.69. The normalized spacial score (nSPS) is 24.8. The minimum absolute atomic E-state index is 0.0559. The van der Waals surface area contributed by atoms with Gasteiger partial charge in [0.25, 0.3) is 5.91 Å². The summed E-state index contributed by atoms with van der Waals surface area (Å²) in [5, 5.41) is 23.2. The van der Waals surface area contributed by atoms with Crippen LogP contribution in [-0.2, 0) is 19.4 Å². The van der Waals surface area contributed by atoms with E-state index in [1.165, 1.54) is 23.3 Å². The summed E-state index contributed by atoms with van der Waals surface area (Å²) in [5.74, 6) is 2.10. The predicted octanol–water partition coefficient (Wildman–Crippen LogP) is 2.72. The molecular formula is C19H24N4O2S. The average Bonchev–Trinajstić information content (AvgIpc) is 3.23. The SMILES string of the molecule is O=C(NC1CC(c2nnc(CO)n2C2CC2)C1)c1csc2c1CCCC2. The van der Waals surface area contributed by atoms with E-state index in [9.17, 15) is 9.90 Å². The monoisotopic (exact) mass is 372 g/mol. The number of carbonyl (C=O) groups is 1. The van der Waals surface area contributed by atoms with E-state index in [0.717, 1.165) is 49.9 Å². The molecule has 3 aliphatic carbocycles. The Morgan fingerprint density at radius 2 is 2.08 bits per heavy atom. The van der Waals surface area contributed by atoms with Gasteiger partial charge in [-0.3, -0.25) is 4.79 Å². The first-order valence-corrected chi connectivity index (χ1v) is 10.6. The van der Waals surface area contributed by atoms with Gasteiger partial charge in [0.1, 0.15) is 12.4 Å². The lowest BCUT2D eigenvalue weighted by Gasteiger charge is -2.35. The van der Waals surface area contributed by atoms with Gasteiger partial charge in [-0.1, -0.05) is 0 Å². The van der Waals surface area contributed by atoms with E-state index in [1.807, 2.05) is 5.38 Å². The minimum Gasteiger partial charge on any atom is -0.388 e. The number of amides is 1. The molecule has 2 heterocycles. The molecule has 0 spiro atoms. The summed E-state index contributed by atoms with van der Waals surface area (Å²) < 4.78 is 2.14. The van der Waals surface area contributed by atoms with E-state index in [0.29, 0.717) is 17.8 Å². The highest BCUT2D eigenvalue weighted by atomic mass is 32.1. The van der Waals surface area contributed by atoms with Crippen LogP contribution >= 0.6 is 11.3 Å². The van der Waals surface area contributed by atoms with Crippen LogP contribution < -0.4 is 5.32 Å². The Morgan fingerprint density at radius 1 is 1.27 bits per heavy atom. The van der Waals surface area contributed by atoms with Crippen LogP contribution in [0.25, 0.3) is 0 Å². The lowest BCUT2D eigenvalue weighted by molar-refractivity contribution is 0.0906. The highest BCUT2D eigenvalue weighted by Gasteiger charge is 2.39. The first kappa shape index (κ1) is 16.4. The minimum atomic E-state index is -0.0559. The smallest absolute Gasteiger partial charge is 0.252 e. The standard InChI is InChI=1S/C19H24N4O2S/c24-9-17-21-22-18(23(17)13-5-6-13)11-7-12(8-11)20-19(25)15-10-26-16-4-2-1-3-14(15)16/h10-13,24H,1-9H2,(H,20,25). The molecule has 0 unspecified atom stereocenters. The van der Waals surface area contributed by atoms with Crippen molar-refractivity contribution < 1.29 is 9.90 Å². The largest absolute Gasteiger partial charge is 0.388 e. The third-order valence-electron chi connectivity index (χ3n) is 5.99. The Balaban J connectivity index is 1.23. The molecule has 0 saturated heterocycles. The van der Waals surface area contributed by atoms with Crippen LogP contribution in [0.1, 0.15) is 82.9 Å². The number of aromatic nitrogens is 3. The van der Waals surface area contributed by atoms with Crippen molar-refractivity contribution in [2.75, 3.05) is 0 Å². The van der Waals surface area contributed by atoms with Gasteiger partial charge >= 0.3 is 0 Å². The van der Waals surface area contributed by atoms with E-state index < -0.39 is 0 Å². The second-order valence-electron chi connectivity index (χ2n) is 7.83. The molecule has 2 N–H and O–H groups in total. The Kier molecular flexibility index (Phi) is 4.09. The van der Waals surface area contributed by atoms with Crippen molar-refractivity contribution >= 4 is 17.2 Å². The van der Waals surface area contributed by atoms with Crippen molar-refractivity contribution in [1.82, 2.24) is 20.1 Å². The fraction of sp³-hybridized carbons (Fsp3) is 0.632. The van der Waals surface area contributed by atoms with E-state index in [1.54, 1.807) is 11.3 Å². The molecule has 1 amide bonds. The molecule has 0 atom stereocenters. The van der Waals surface area contributed by atoms with Crippen LogP contribution in [0.4, 0.5) is 0 Å². The highest BCUT2D eigenvalue weighted by Crippen LogP contribution is 2.43. The maximum Gasteiger partial charge on any atom is 0.252 e. The van der Waals surface area contributed by atoms with Gasteiger partial charge in [-0.2, -0.15) is 0 Å². The van der Waals surface area contributed by atoms with Crippen molar-refractivity contribution in [2.24, 2.45) is 0 Å².